The van der Waals surface area contributed by atoms with Crippen LogP contribution in [0.1, 0.15) is 58.8 Å². The molecular formula is C22H36N2O3. The van der Waals surface area contributed by atoms with Crippen molar-refractivity contribution in [2.24, 2.45) is 46.2 Å². The summed E-state index contributed by atoms with van der Waals surface area (Å²) in [7, 11) is 0. The summed E-state index contributed by atoms with van der Waals surface area (Å²) in [5, 5.41) is 10.2. The van der Waals surface area contributed by atoms with E-state index < -0.39 is 0 Å². The van der Waals surface area contributed by atoms with Crippen LogP contribution in [-0.4, -0.2) is 30.6 Å². The van der Waals surface area contributed by atoms with Crippen LogP contribution in [0.3, 0.4) is 0 Å². The number of aliphatic hydroxyl groups is 1. The molecule has 0 spiro atoms. The van der Waals surface area contributed by atoms with Crippen molar-refractivity contribution in [1.82, 2.24) is 5.48 Å². The molecule has 3 fully saturated rings. The van der Waals surface area contributed by atoms with Crippen LogP contribution in [0.5, 0.6) is 0 Å². The average molecular weight is 377 g/mol. The molecule has 4 N–H and O–H groups in total. The third-order valence-electron chi connectivity index (χ3n) is 8.81. The summed E-state index contributed by atoms with van der Waals surface area (Å²) in [5.74, 6) is 2.92. The van der Waals surface area contributed by atoms with E-state index in [9.17, 15) is 9.90 Å². The van der Waals surface area contributed by atoms with Crippen molar-refractivity contribution in [3.63, 3.8) is 0 Å². The minimum absolute atomic E-state index is 0.0995. The van der Waals surface area contributed by atoms with Gasteiger partial charge in [0.1, 0.15) is 5.78 Å². The fraction of sp³-hybridized carbons (Fsp3) is 0.864. The Labute approximate surface area is 163 Å². The Bertz CT molecular complexity index is 621. The molecular weight excluding hydrogens is 340 g/mol. The number of nitrogens with two attached hydrogens (primary N) is 1. The number of carbonyl (C=O) groups is 1. The van der Waals surface area contributed by atoms with Crippen LogP contribution in [0.25, 0.3) is 0 Å². The van der Waals surface area contributed by atoms with Gasteiger partial charge in [0, 0.05) is 30.7 Å². The van der Waals surface area contributed by atoms with Gasteiger partial charge >= 0.3 is 0 Å². The first kappa shape index (κ1) is 19.4. The smallest absolute Gasteiger partial charge is 0.139 e. The Balaban J connectivity index is 1.60. The zero-order valence-corrected chi connectivity index (χ0v) is 16.9. The van der Waals surface area contributed by atoms with Crippen LogP contribution in [-0.2, 0) is 9.63 Å². The lowest BCUT2D eigenvalue weighted by molar-refractivity contribution is -0.141. The predicted octanol–water partition coefficient (Wildman–Crippen LogP) is 2.79. The van der Waals surface area contributed by atoms with Gasteiger partial charge in [-0.05, 0) is 73.5 Å². The van der Waals surface area contributed by atoms with Gasteiger partial charge in [-0.25, -0.2) is 0 Å². The summed E-state index contributed by atoms with van der Waals surface area (Å²) < 4.78 is 0. The van der Waals surface area contributed by atoms with Crippen molar-refractivity contribution in [3.8, 4) is 0 Å². The van der Waals surface area contributed by atoms with Gasteiger partial charge < -0.3 is 10.8 Å². The topological polar surface area (TPSA) is 84.6 Å². The van der Waals surface area contributed by atoms with Crippen molar-refractivity contribution in [2.45, 2.75) is 58.8 Å². The number of nitrogens with one attached hydrogen (secondary N) is 1. The van der Waals surface area contributed by atoms with Crippen LogP contribution in [0, 0.1) is 40.4 Å². The Morgan fingerprint density at radius 2 is 2.07 bits per heavy atom. The molecule has 0 aliphatic heterocycles. The largest absolute Gasteiger partial charge is 0.396 e. The molecule has 0 bridgehead atoms. The fourth-order valence-corrected chi connectivity index (χ4v) is 7.35. The standard InChI is InChI=1S/C22H36N2O3/c1-21-7-5-15(24-27-10-9-23)12-19(21)14(13-25)11-16-17-3-4-20(26)22(17,2)8-6-18(16)21/h12,14,16-19,24-25H,3-11,13,23H2,1-2H3/t14?,16-,17-,18+,19?,21+,22-/m0/s1. The number of Topliss-reactive ketones (excluding diaryl/α,β-unsaturated/α-hetero) is 1. The molecule has 0 heterocycles. The molecule has 5 nitrogen and oxygen atoms in total. The predicted molar refractivity (Wildman–Crippen MR) is 104 cm³/mol. The van der Waals surface area contributed by atoms with Gasteiger partial charge in [0.2, 0.25) is 0 Å². The normalized spacial score (nSPS) is 46.3. The third kappa shape index (κ3) is 2.97. The average Bonchev–Trinajstić information content (AvgIpc) is 2.96. The molecule has 0 amide bonds. The number of hydroxylamine groups is 1. The lowest BCUT2D eigenvalue weighted by Crippen LogP contribution is -2.55. The van der Waals surface area contributed by atoms with E-state index in [0.29, 0.717) is 42.6 Å². The fourth-order valence-electron chi connectivity index (χ4n) is 7.35. The first-order valence-corrected chi connectivity index (χ1v) is 10.9. The van der Waals surface area contributed by atoms with Crippen molar-refractivity contribution in [3.05, 3.63) is 11.8 Å². The first-order chi connectivity index (χ1) is 12.9. The highest BCUT2D eigenvalue weighted by Crippen LogP contribution is 2.66. The zero-order valence-electron chi connectivity index (χ0n) is 16.9. The van der Waals surface area contributed by atoms with Gasteiger partial charge in [0.15, 0.2) is 0 Å². The molecule has 2 unspecified atom stereocenters. The summed E-state index contributed by atoms with van der Waals surface area (Å²) in [6, 6.07) is 0. The quantitative estimate of drug-likeness (QED) is 0.507. The number of fused-ring (bicyclic) bond motifs is 5. The molecule has 5 heteroatoms. The minimum atomic E-state index is -0.0995. The molecule has 0 saturated heterocycles. The van der Waals surface area contributed by atoms with Gasteiger partial charge in [-0.2, -0.15) is 0 Å². The zero-order chi connectivity index (χ0) is 19.2. The maximum absolute atomic E-state index is 12.6. The second-order valence-corrected chi connectivity index (χ2v) is 9.94. The summed E-state index contributed by atoms with van der Waals surface area (Å²) in [6.45, 7) is 5.91. The Morgan fingerprint density at radius 1 is 1.26 bits per heavy atom. The molecule has 7 atom stereocenters. The van der Waals surface area contributed by atoms with Crippen molar-refractivity contribution < 1.29 is 14.7 Å². The van der Waals surface area contributed by atoms with Gasteiger partial charge in [-0.15, -0.1) is 0 Å². The highest BCUT2D eigenvalue weighted by molar-refractivity contribution is 5.87. The van der Waals surface area contributed by atoms with Crippen LogP contribution in [0.15, 0.2) is 11.8 Å². The Kier molecular flexibility index (Phi) is 5.15. The SMILES string of the molecule is C[C@]12CCC(NOCCN)=CC1C(CO)C[C@@H]1[C@H]2CC[C@]2(C)C(=O)CC[C@@H]12. The molecule has 27 heavy (non-hydrogen) atoms. The number of aliphatic hydroxyl groups excluding tert-OH is 1. The second-order valence-electron chi connectivity index (χ2n) is 9.94. The van der Waals surface area contributed by atoms with E-state index >= 15 is 0 Å². The van der Waals surface area contributed by atoms with Crippen LogP contribution in [0.4, 0.5) is 0 Å². The second kappa shape index (κ2) is 7.16. The highest BCUT2D eigenvalue weighted by Gasteiger charge is 2.61. The van der Waals surface area contributed by atoms with Gasteiger partial charge in [0.05, 0.1) is 6.61 Å². The maximum atomic E-state index is 12.6. The minimum Gasteiger partial charge on any atom is -0.396 e. The summed E-state index contributed by atoms with van der Waals surface area (Å²) >= 11 is 0. The van der Waals surface area contributed by atoms with Crippen molar-refractivity contribution in [1.29, 1.82) is 0 Å². The number of allylic oxidation sites excluding steroid dienone is 2. The summed E-state index contributed by atoms with van der Waals surface area (Å²) in [6.07, 6.45) is 9.54. The highest BCUT2D eigenvalue weighted by atomic mass is 16.6. The van der Waals surface area contributed by atoms with Crippen molar-refractivity contribution >= 4 is 5.78 Å². The van der Waals surface area contributed by atoms with Gasteiger partial charge in [-0.1, -0.05) is 19.9 Å². The molecule has 3 saturated carbocycles. The molecule has 4 aliphatic rings. The van der Waals surface area contributed by atoms with E-state index in [0.717, 1.165) is 50.6 Å². The summed E-state index contributed by atoms with van der Waals surface area (Å²) in [4.78, 5) is 18.0. The number of rotatable bonds is 5. The van der Waals surface area contributed by atoms with Crippen molar-refractivity contribution in [2.75, 3.05) is 19.8 Å². The molecule has 0 radical (unpaired) electrons. The van der Waals surface area contributed by atoms with Crippen LogP contribution >= 0.6 is 0 Å². The van der Waals surface area contributed by atoms with E-state index in [1.165, 1.54) is 0 Å². The van der Waals surface area contributed by atoms with Crippen LogP contribution in [0.2, 0.25) is 0 Å². The lowest BCUT2D eigenvalue weighted by atomic mass is 9.44. The lowest BCUT2D eigenvalue weighted by Gasteiger charge is -2.60. The number of ketones is 1. The Morgan fingerprint density at radius 3 is 2.81 bits per heavy atom. The number of hydrogen-bond donors (Lipinski definition) is 3. The van der Waals surface area contributed by atoms with E-state index in [1.807, 2.05) is 0 Å². The third-order valence-corrected chi connectivity index (χ3v) is 8.81. The number of carbonyl (C=O) groups excluding carboxylic acids is 1. The monoisotopic (exact) mass is 376 g/mol. The molecule has 4 aliphatic carbocycles. The molecule has 4 rings (SSSR count). The molecule has 0 aromatic heterocycles. The first-order valence-electron chi connectivity index (χ1n) is 10.9. The summed E-state index contributed by atoms with van der Waals surface area (Å²) in [5.41, 5.74) is 9.85. The van der Waals surface area contributed by atoms with Crippen LogP contribution < -0.4 is 11.2 Å². The van der Waals surface area contributed by atoms with E-state index in [-0.39, 0.29) is 23.4 Å². The van der Waals surface area contributed by atoms with E-state index in [4.69, 9.17) is 10.6 Å². The van der Waals surface area contributed by atoms with E-state index in [2.05, 4.69) is 25.4 Å². The molecule has 152 valence electrons. The number of hydrogen-bond acceptors (Lipinski definition) is 5. The maximum Gasteiger partial charge on any atom is 0.139 e. The molecule has 0 aromatic rings. The van der Waals surface area contributed by atoms with E-state index in [1.54, 1.807) is 0 Å². The van der Waals surface area contributed by atoms with Gasteiger partial charge in [0.25, 0.3) is 0 Å². The Hall–Kier alpha value is -0.910. The van der Waals surface area contributed by atoms with Gasteiger partial charge in [-0.3, -0.25) is 15.1 Å². The molecule has 0 aromatic carbocycles.